The third-order valence-corrected chi connectivity index (χ3v) is 26.1. The number of carboxylic acids is 3. The number of hydrogen-bond acceptors (Lipinski definition) is 12. The summed E-state index contributed by atoms with van der Waals surface area (Å²) in [5, 5.41) is 51.5. The highest BCUT2D eigenvalue weighted by Gasteiger charge is 2.38. The molecule has 3 aromatic rings. The van der Waals surface area contributed by atoms with E-state index in [0.717, 1.165) is 196 Å². The summed E-state index contributed by atoms with van der Waals surface area (Å²) < 4.78 is 37.8. The zero-order valence-corrected chi connectivity index (χ0v) is 83.9. The van der Waals surface area contributed by atoms with Crippen molar-refractivity contribution in [3.63, 3.8) is 0 Å². The van der Waals surface area contributed by atoms with E-state index in [-0.39, 0.29) is 49.8 Å². The molecule has 708 valence electrons. The van der Waals surface area contributed by atoms with Crippen molar-refractivity contribution in [1.29, 1.82) is 0 Å². The molecular weight excluding hydrogens is 1530 g/mol. The second-order valence-electron chi connectivity index (χ2n) is 41.3. The number of carboxylic acid groups (broad SMARTS) is 3. The maximum absolute atomic E-state index is 11.0. The minimum absolute atomic E-state index is 0.134. The Morgan fingerprint density at radius 3 is 0.754 bits per heavy atom. The van der Waals surface area contributed by atoms with Crippen LogP contribution in [0.2, 0.25) is 0 Å². The standard InChI is InChI=1S/3C31H52O4.C5H14NO.C4H11NO.C2H7NO/c3*1-21(2)12-9-13-22(3)14-10-15-23(4)16-11-18-31(8)19-17-27-26(7)29(34-20-28(32)33)24(5)25(6)30(27)35-31;1-6(2,3)4-5-7;1-5(2)3-4-6;3-1-2-4/h3*21-23H,9-20H2,1-8H3,(H,32,33);7H,4-5H2,1-3H3;6H,3-4H2,1-2H3;4H,1-3H2/q;;;+1;;/p+2/t3*22-,23-,31-;;;/m111.../s1. The molecule has 0 spiro atoms. The van der Waals surface area contributed by atoms with Gasteiger partial charge >= 0.3 is 17.9 Å². The van der Waals surface area contributed by atoms with Gasteiger partial charge in [-0.2, -0.15) is 0 Å². The van der Waals surface area contributed by atoms with E-state index in [1.54, 1.807) is 0 Å². The highest BCUT2D eigenvalue weighted by Crippen LogP contribution is 2.49. The molecule has 0 radical (unpaired) electrons. The Morgan fingerprint density at radius 2 is 0.590 bits per heavy atom. The van der Waals surface area contributed by atoms with E-state index >= 15 is 0 Å². The Hall–Kier alpha value is -5.37. The maximum Gasteiger partial charge on any atom is 0.341 e. The molecule has 6 rings (SSSR count). The van der Waals surface area contributed by atoms with Crippen molar-refractivity contribution < 1.29 is 88.6 Å². The van der Waals surface area contributed by atoms with Gasteiger partial charge in [-0.3, -0.25) is 0 Å². The van der Waals surface area contributed by atoms with Crippen molar-refractivity contribution in [3.05, 3.63) is 66.8 Å². The number of carbonyl (C=O) groups is 3. The van der Waals surface area contributed by atoms with Gasteiger partial charge in [-0.1, -0.05) is 218 Å². The Balaban J connectivity index is 0.000000831. The van der Waals surface area contributed by atoms with Crippen LogP contribution in [0, 0.1) is 116 Å². The normalized spacial score (nSPS) is 18.0. The lowest BCUT2D eigenvalue weighted by Gasteiger charge is -2.38. The molecule has 18 nitrogen and oxygen atoms in total. The number of nitrogens with one attached hydrogen (secondary N) is 1. The fourth-order valence-electron chi connectivity index (χ4n) is 17.4. The number of hydrogen-bond donors (Lipinski definition) is 8. The van der Waals surface area contributed by atoms with E-state index in [0.29, 0.717) is 30.4 Å². The lowest BCUT2D eigenvalue weighted by atomic mass is 9.83. The molecule has 0 aromatic heterocycles. The van der Waals surface area contributed by atoms with E-state index in [9.17, 15) is 14.4 Å². The van der Waals surface area contributed by atoms with Crippen LogP contribution in [0.4, 0.5) is 0 Å². The van der Waals surface area contributed by atoms with Crippen LogP contribution in [0.1, 0.15) is 363 Å². The van der Waals surface area contributed by atoms with Gasteiger partial charge in [0, 0.05) is 16.7 Å². The van der Waals surface area contributed by atoms with Crippen LogP contribution in [0.5, 0.6) is 34.5 Å². The number of quaternary nitrogens is 3. The lowest BCUT2D eigenvalue weighted by molar-refractivity contribution is -0.870. The predicted octanol–water partition coefficient (Wildman–Crippen LogP) is 21.8. The molecule has 3 aromatic carbocycles. The van der Waals surface area contributed by atoms with Gasteiger partial charge in [0.2, 0.25) is 0 Å². The molecular formula is C104H190N3O15+3. The van der Waals surface area contributed by atoms with Crippen molar-refractivity contribution >= 4 is 17.9 Å². The van der Waals surface area contributed by atoms with Gasteiger partial charge in [-0.25, -0.2) is 14.4 Å². The van der Waals surface area contributed by atoms with Gasteiger partial charge in [-0.15, -0.1) is 0 Å². The van der Waals surface area contributed by atoms with Gasteiger partial charge in [0.25, 0.3) is 0 Å². The second kappa shape index (κ2) is 59.6. The molecule has 0 fully saturated rings. The van der Waals surface area contributed by atoms with E-state index in [2.05, 4.69) is 152 Å². The Kier molecular flexibility index (Phi) is 56.0. The largest absolute Gasteiger partial charge is 0.487 e. The zero-order chi connectivity index (χ0) is 92.8. The number of fused-ring (bicyclic) bond motifs is 3. The van der Waals surface area contributed by atoms with E-state index in [1.807, 2.05) is 55.6 Å². The number of nitrogens with zero attached hydrogens (tertiary/aromatic N) is 1. The summed E-state index contributed by atoms with van der Waals surface area (Å²) in [6, 6.07) is 0. The number of aliphatic carboxylic acids is 3. The van der Waals surface area contributed by atoms with E-state index in [1.165, 1.54) is 176 Å². The van der Waals surface area contributed by atoms with Crippen molar-refractivity contribution in [2.75, 3.05) is 94.5 Å². The van der Waals surface area contributed by atoms with E-state index < -0.39 is 17.9 Å². The third-order valence-electron chi connectivity index (χ3n) is 26.1. The Labute approximate surface area is 746 Å². The predicted molar refractivity (Wildman–Crippen MR) is 507 cm³/mol. The first-order valence-electron chi connectivity index (χ1n) is 48.2. The number of ether oxygens (including phenoxy) is 6. The topological polar surface area (TPSA) is 260 Å². The van der Waals surface area contributed by atoms with Crippen LogP contribution in [-0.4, -0.2) is 164 Å². The number of likely N-dealkylation sites (N-methyl/N-ethyl adjacent to an activating group) is 2. The number of aliphatic hydroxyl groups excluding tert-OH is 3. The van der Waals surface area contributed by atoms with Crippen LogP contribution < -0.4 is 39.1 Å². The third kappa shape index (κ3) is 45.9. The quantitative estimate of drug-likeness (QED) is 0.0245. The summed E-state index contributed by atoms with van der Waals surface area (Å²) in [6.45, 7) is 55.7. The fourth-order valence-corrected chi connectivity index (χ4v) is 17.4. The smallest absolute Gasteiger partial charge is 0.341 e. The second-order valence-corrected chi connectivity index (χ2v) is 41.3. The molecule has 3 aliphatic heterocycles. The maximum atomic E-state index is 11.0. The van der Waals surface area contributed by atoms with Crippen LogP contribution in [-0.2, 0) is 33.6 Å². The molecule has 0 saturated heterocycles. The van der Waals surface area contributed by atoms with Crippen molar-refractivity contribution in [1.82, 2.24) is 0 Å². The Morgan fingerprint density at radius 1 is 0.369 bits per heavy atom. The van der Waals surface area contributed by atoms with E-state index in [4.69, 9.17) is 59.1 Å². The lowest BCUT2D eigenvalue weighted by Crippen LogP contribution is -3.06. The van der Waals surface area contributed by atoms with Crippen molar-refractivity contribution in [2.45, 2.75) is 395 Å². The van der Waals surface area contributed by atoms with Crippen LogP contribution >= 0.6 is 0 Å². The molecule has 18 heteroatoms. The first-order chi connectivity index (χ1) is 57.0. The molecule has 9 atom stereocenters. The number of rotatable bonds is 50. The van der Waals surface area contributed by atoms with Gasteiger partial charge < -0.3 is 74.2 Å². The number of benzene rings is 3. The summed E-state index contributed by atoms with van der Waals surface area (Å²) in [7, 11) is 10.2. The summed E-state index contributed by atoms with van der Waals surface area (Å²) in [5.74, 6) is 9.67. The zero-order valence-electron chi connectivity index (χ0n) is 83.9. The van der Waals surface area contributed by atoms with Crippen LogP contribution in [0.15, 0.2) is 0 Å². The molecule has 0 unspecified atom stereocenters. The summed E-state index contributed by atoms with van der Waals surface area (Å²) >= 11 is 0. The van der Waals surface area contributed by atoms with Gasteiger partial charge in [-0.05, 0) is 263 Å². The molecule has 3 aliphatic rings. The number of aliphatic hydroxyl groups is 3. The molecule has 10 N–H and O–H groups in total. The summed E-state index contributed by atoms with van der Waals surface area (Å²) in [6.07, 6.45) is 41.1. The first kappa shape index (κ1) is 115. The molecule has 0 bridgehead atoms. The molecule has 122 heavy (non-hydrogen) atoms. The average molecular weight is 1720 g/mol. The minimum atomic E-state index is -0.951. The summed E-state index contributed by atoms with van der Waals surface area (Å²) in [4.78, 5) is 34.3. The van der Waals surface area contributed by atoms with Crippen molar-refractivity contribution in [3.8, 4) is 34.5 Å². The average Bonchev–Trinajstić information content (AvgIpc) is 0.772. The molecule has 0 amide bonds. The van der Waals surface area contributed by atoms with Crippen LogP contribution in [0.25, 0.3) is 0 Å². The highest BCUT2D eigenvalue weighted by molar-refractivity contribution is 5.70. The van der Waals surface area contributed by atoms with Gasteiger partial charge in [0.15, 0.2) is 19.8 Å². The monoisotopic (exact) mass is 1720 g/mol. The minimum Gasteiger partial charge on any atom is -0.487 e. The fraction of sp³-hybridized carbons (Fsp3) is 0.798. The SMILES string of the molecule is C[N+](C)(C)CCO.C[NH+](C)CCO.Cc1c(C)c2c(c(C)c1OCC(=O)O)CC[C@@](C)(CCC[C@H](C)CCC[C@H](C)CCCC(C)C)O2.Cc1c(C)c2c(c(C)c1OCC(=O)O)CC[C@@](C)(CCC[C@H](C)CCC[C@H](C)CCCC(C)C)O2.Cc1c(C)c2c(c(C)c1OCC(=O)O)CC[C@@](C)(CCC[C@H](C)CCC[C@H](C)CCCC(C)C)O2.[NH3+]CCO. The molecule has 0 aliphatic carbocycles. The molecule has 3 heterocycles. The van der Waals surface area contributed by atoms with Crippen LogP contribution in [0.3, 0.4) is 0 Å². The summed E-state index contributed by atoms with van der Waals surface area (Å²) in [5.41, 5.74) is 15.8. The molecule has 0 saturated carbocycles. The van der Waals surface area contributed by atoms with Crippen molar-refractivity contribution in [2.24, 2.45) is 53.3 Å². The van der Waals surface area contributed by atoms with Gasteiger partial charge in [0.1, 0.15) is 64.4 Å². The first-order valence-corrected chi connectivity index (χ1v) is 48.2. The van der Waals surface area contributed by atoms with Gasteiger partial charge in [0.05, 0.1) is 61.6 Å². The highest BCUT2D eigenvalue weighted by atomic mass is 16.5. The Bertz CT molecular complexity index is 3100.